The van der Waals surface area contributed by atoms with Gasteiger partial charge in [0.05, 0.1) is 13.7 Å². The predicted octanol–water partition coefficient (Wildman–Crippen LogP) is 3.41. The number of Topliss-reactive ketones (excluding diaryl/α,β-unsaturated/α-hetero) is 1. The van der Waals surface area contributed by atoms with Crippen LogP contribution >= 0.6 is 11.3 Å². The quantitative estimate of drug-likeness (QED) is 0.610. The van der Waals surface area contributed by atoms with Crippen LogP contribution < -0.4 is 10.1 Å². The molecule has 1 aromatic heterocycles. The Labute approximate surface area is 162 Å². The van der Waals surface area contributed by atoms with Crippen molar-refractivity contribution in [2.45, 2.75) is 32.7 Å². The van der Waals surface area contributed by atoms with E-state index in [1.807, 2.05) is 20.8 Å². The zero-order valence-electron chi connectivity index (χ0n) is 15.8. The Morgan fingerprint density at radius 1 is 1.22 bits per heavy atom. The monoisotopic (exact) mass is 386 g/mol. The highest BCUT2D eigenvalue weighted by molar-refractivity contribution is 7.12. The Morgan fingerprint density at radius 2 is 1.89 bits per heavy atom. The lowest BCUT2D eigenvalue weighted by atomic mass is 9.87. The molecule has 2 aromatic rings. The number of aryl methyl sites for hydroxylation is 2. The van der Waals surface area contributed by atoms with Crippen LogP contribution in [0.1, 0.15) is 39.0 Å². The lowest BCUT2D eigenvalue weighted by molar-refractivity contribution is -0.131. The van der Waals surface area contributed by atoms with Crippen molar-refractivity contribution in [3.05, 3.63) is 51.2 Å². The van der Waals surface area contributed by atoms with Crippen LogP contribution in [-0.2, 0) is 10.3 Å². The number of ether oxygens (including phenoxy) is 1. The molecule has 1 saturated heterocycles. The molecule has 0 bridgehead atoms. The van der Waals surface area contributed by atoms with Gasteiger partial charge >= 0.3 is 6.03 Å². The van der Waals surface area contributed by atoms with E-state index in [4.69, 9.17) is 4.74 Å². The molecule has 142 valence electrons. The van der Waals surface area contributed by atoms with Crippen LogP contribution in [0.5, 0.6) is 5.75 Å². The van der Waals surface area contributed by atoms with Crippen LogP contribution in [-0.4, -0.2) is 36.3 Å². The van der Waals surface area contributed by atoms with Crippen LogP contribution in [0.4, 0.5) is 4.79 Å². The molecular formula is C20H22N2O4S. The first-order valence-corrected chi connectivity index (χ1v) is 9.53. The van der Waals surface area contributed by atoms with E-state index in [9.17, 15) is 14.4 Å². The van der Waals surface area contributed by atoms with Crippen molar-refractivity contribution in [2.75, 3.05) is 13.7 Å². The van der Waals surface area contributed by atoms with Gasteiger partial charge < -0.3 is 10.1 Å². The number of rotatable bonds is 6. The standard InChI is InChI=1S/C20H22N2O4S/c1-5-20(14-6-8-15(26-4)9-7-14)18(24)22(19(25)21-20)11-17(23)16-10-12(2)27-13(16)3/h6-10H,5,11H2,1-4H3,(H,21,25)/t20-/m1/s1. The van der Waals surface area contributed by atoms with Gasteiger partial charge in [-0.1, -0.05) is 19.1 Å². The number of methoxy groups -OCH3 is 1. The zero-order chi connectivity index (χ0) is 19.8. The predicted molar refractivity (Wildman–Crippen MR) is 103 cm³/mol. The number of benzene rings is 1. The van der Waals surface area contributed by atoms with Crippen LogP contribution in [0, 0.1) is 13.8 Å². The molecular weight excluding hydrogens is 364 g/mol. The second-order valence-corrected chi connectivity index (χ2v) is 8.02. The first kappa shape index (κ1) is 19.1. The van der Waals surface area contributed by atoms with Gasteiger partial charge in [-0.3, -0.25) is 14.5 Å². The lowest BCUT2D eigenvalue weighted by Crippen LogP contribution is -2.43. The molecule has 3 rings (SSSR count). The highest BCUT2D eigenvalue weighted by Gasteiger charge is 2.51. The van der Waals surface area contributed by atoms with E-state index in [2.05, 4.69) is 5.32 Å². The Bertz CT molecular complexity index is 903. The van der Waals surface area contributed by atoms with Gasteiger partial charge in [0.1, 0.15) is 11.3 Å². The van der Waals surface area contributed by atoms with Gasteiger partial charge in [-0.05, 0) is 44.0 Å². The molecule has 1 fully saturated rings. The molecule has 2 heterocycles. The SMILES string of the molecule is CC[C@]1(c2ccc(OC)cc2)NC(=O)N(CC(=O)c2cc(C)sc2C)C1=O. The summed E-state index contributed by atoms with van der Waals surface area (Å²) in [5, 5.41) is 2.79. The van der Waals surface area contributed by atoms with Crippen molar-refractivity contribution in [2.24, 2.45) is 0 Å². The molecule has 6 nitrogen and oxygen atoms in total. The summed E-state index contributed by atoms with van der Waals surface area (Å²) in [5.41, 5.74) is 0.0710. The Balaban J connectivity index is 1.88. The minimum atomic E-state index is -1.16. The summed E-state index contributed by atoms with van der Waals surface area (Å²) in [6, 6.07) is 8.28. The maximum absolute atomic E-state index is 13.1. The minimum absolute atomic E-state index is 0.234. The van der Waals surface area contributed by atoms with Crippen LogP contribution in [0.3, 0.4) is 0 Å². The molecule has 1 atom stereocenters. The van der Waals surface area contributed by atoms with Crippen LogP contribution in [0.2, 0.25) is 0 Å². The smallest absolute Gasteiger partial charge is 0.325 e. The third-order valence-corrected chi connectivity index (χ3v) is 5.90. The number of carbonyl (C=O) groups excluding carboxylic acids is 3. The largest absolute Gasteiger partial charge is 0.497 e. The topological polar surface area (TPSA) is 75.7 Å². The molecule has 0 saturated carbocycles. The summed E-state index contributed by atoms with van der Waals surface area (Å²) in [6.45, 7) is 5.36. The van der Waals surface area contributed by atoms with E-state index in [1.165, 1.54) is 11.3 Å². The summed E-state index contributed by atoms with van der Waals surface area (Å²) in [4.78, 5) is 41.3. The zero-order valence-corrected chi connectivity index (χ0v) is 16.6. The number of hydrogen-bond acceptors (Lipinski definition) is 5. The number of urea groups is 1. The summed E-state index contributed by atoms with van der Waals surface area (Å²) in [6.07, 6.45) is 0.380. The van der Waals surface area contributed by atoms with Crippen LogP contribution in [0.15, 0.2) is 30.3 Å². The molecule has 0 aliphatic carbocycles. The summed E-state index contributed by atoms with van der Waals surface area (Å²) < 4.78 is 5.16. The van der Waals surface area contributed by atoms with E-state index in [0.717, 1.165) is 14.7 Å². The molecule has 7 heteroatoms. The third kappa shape index (κ3) is 3.23. The molecule has 1 aromatic carbocycles. The van der Waals surface area contributed by atoms with E-state index in [0.29, 0.717) is 23.3 Å². The number of amides is 3. The fraction of sp³-hybridized carbons (Fsp3) is 0.350. The van der Waals surface area contributed by atoms with E-state index < -0.39 is 17.5 Å². The average Bonchev–Trinajstić information content (AvgIpc) is 3.12. The van der Waals surface area contributed by atoms with Gasteiger partial charge in [0.2, 0.25) is 0 Å². The van der Waals surface area contributed by atoms with Crippen molar-refractivity contribution < 1.29 is 19.1 Å². The third-order valence-electron chi connectivity index (χ3n) is 4.93. The lowest BCUT2D eigenvalue weighted by Gasteiger charge is -2.26. The minimum Gasteiger partial charge on any atom is -0.497 e. The van der Waals surface area contributed by atoms with Gasteiger partial charge in [0.15, 0.2) is 5.78 Å². The Hall–Kier alpha value is -2.67. The molecule has 0 unspecified atom stereocenters. The maximum atomic E-state index is 13.1. The van der Waals surface area contributed by atoms with Gasteiger partial charge in [0.25, 0.3) is 5.91 Å². The van der Waals surface area contributed by atoms with Gasteiger partial charge in [0, 0.05) is 15.3 Å². The number of hydrogen-bond donors (Lipinski definition) is 1. The number of ketones is 1. The van der Waals surface area contributed by atoms with E-state index in [-0.39, 0.29) is 12.3 Å². The van der Waals surface area contributed by atoms with Gasteiger partial charge in [-0.2, -0.15) is 0 Å². The molecule has 3 amide bonds. The molecule has 1 aliphatic rings. The van der Waals surface area contributed by atoms with Crippen molar-refractivity contribution in [3.8, 4) is 5.75 Å². The van der Waals surface area contributed by atoms with Gasteiger partial charge in [-0.25, -0.2) is 4.79 Å². The summed E-state index contributed by atoms with van der Waals surface area (Å²) >= 11 is 1.52. The normalized spacial score (nSPS) is 19.3. The summed E-state index contributed by atoms with van der Waals surface area (Å²) in [7, 11) is 1.56. The molecule has 1 N–H and O–H groups in total. The second-order valence-electron chi connectivity index (χ2n) is 6.56. The first-order chi connectivity index (χ1) is 12.8. The van der Waals surface area contributed by atoms with E-state index >= 15 is 0 Å². The Morgan fingerprint density at radius 3 is 2.41 bits per heavy atom. The highest BCUT2D eigenvalue weighted by atomic mass is 32.1. The number of nitrogens with zero attached hydrogens (tertiary/aromatic N) is 1. The molecule has 0 radical (unpaired) electrons. The molecule has 1 aliphatic heterocycles. The fourth-order valence-corrected chi connectivity index (χ4v) is 4.36. The van der Waals surface area contributed by atoms with Crippen molar-refractivity contribution >= 4 is 29.1 Å². The first-order valence-electron chi connectivity index (χ1n) is 8.71. The number of nitrogens with one attached hydrogen (secondary N) is 1. The van der Waals surface area contributed by atoms with Crippen molar-refractivity contribution in [3.63, 3.8) is 0 Å². The van der Waals surface area contributed by atoms with E-state index in [1.54, 1.807) is 37.4 Å². The second kappa shape index (κ2) is 7.15. The van der Waals surface area contributed by atoms with Crippen molar-refractivity contribution in [1.29, 1.82) is 0 Å². The molecule has 27 heavy (non-hydrogen) atoms. The Kier molecular flexibility index (Phi) is 5.06. The fourth-order valence-electron chi connectivity index (χ4n) is 3.42. The molecule has 0 spiro atoms. The van der Waals surface area contributed by atoms with Crippen molar-refractivity contribution in [1.82, 2.24) is 10.2 Å². The number of carbonyl (C=O) groups is 3. The number of imide groups is 1. The van der Waals surface area contributed by atoms with Crippen LogP contribution in [0.25, 0.3) is 0 Å². The van der Waals surface area contributed by atoms with Gasteiger partial charge in [-0.15, -0.1) is 11.3 Å². The number of thiophene rings is 1. The summed E-state index contributed by atoms with van der Waals surface area (Å²) in [5.74, 6) is 0.0252. The average molecular weight is 386 g/mol. The highest BCUT2D eigenvalue weighted by Crippen LogP contribution is 2.33. The maximum Gasteiger partial charge on any atom is 0.325 e.